The van der Waals surface area contributed by atoms with Crippen molar-refractivity contribution in [3.05, 3.63) is 53.1 Å². The zero-order valence-electron chi connectivity index (χ0n) is 12.0. The van der Waals surface area contributed by atoms with Gasteiger partial charge >= 0.3 is 0 Å². The predicted molar refractivity (Wildman–Crippen MR) is 80.3 cm³/mol. The Hall–Kier alpha value is -2.32. The Morgan fingerprint density at radius 2 is 1.76 bits per heavy atom. The van der Waals surface area contributed by atoms with Gasteiger partial charge in [0.1, 0.15) is 11.5 Å². The summed E-state index contributed by atoms with van der Waals surface area (Å²) in [4.78, 5) is 0.267. The quantitative estimate of drug-likeness (QED) is 0.871. The number of nitriles is 1. The molecule has 0 aromatic heterocycles. The highest BCUT2D eigenvalue weighted by atomic mass is 32.2. The van der Waals surface area contributed by atoms with Gasteiger partial charge < -0.3 is 4.74 Å². The van der Waals surface area contributed by atoms with Crippen molar-refractivity contribution in [2.75, 3.05) is 6.26 Å². The number of hydrogen-bond donors (Lipinski definition) is 0. The number of benzene rings is 2. The Morgan fingerprint density at radius 3 is 2.29 bits per heavy atom. The first-order chi connectivity index (χ1) is 9.81. The summed E-state index contributed by atoms with van der Waals surface area (Å²) in [5.41, 5.74) is 2.17. The van der Waals surface area contributed by atoms with Crippen molar-refractivity contribution in [3.8, 4) is 17.6 Å². The summed E-state index contributed by atoms with van der Waals surface area (Å²) in [6.45, 7) is 3.63. The van der Waals surface area contributed by atoms with E-state index in [0.29, 0.717) is 17.1 Å². The molecule has 0 atom stereocenters. The predicted octanol–water partition coefficient (Wildman–Crippen LogP) is 3.37. The second-order valence-corrected chi connectivity index (χ2v) is 6.91. The molecule has 21 heavy (non-hydrogen) atoms. The van der Waals surface area contributed by atoms with E-state index in [2.05, 4.69) is 6.07 Å². The minimum absolute atomic E-state index is 0.267. The first-order valence-corrected chi connectivity index (χ1v) is 8.20. The SMILES string of the molecule is Cc1cc(Oc2ccc(S(C)(=O)=O)cc2C)ccc1C#N. The van der Waals surface area contributed by atoms with Crippen LogP contribution in [0.3, 0.4) is 0 Å². The molecule has 0 saturated heterocycles. The molecule has 5 heteroatoms. The lowest BCUT2D eigenvalue weighted by Gasteiger charge is -2.11. The van der Waals surface area contributed by atoms with Gasteiger partial charge in [0.05, 0.1) is 16.5 Å². The van der Waals surface area contributed by atoms with Crippen LogP contribution in [0.25, 0.3) is 0 Å². The van der Waals surface area contributed by atoms with Crippen LogP contribution in [0.2, 0.25) is 0 Å². The van der Waals surface area contributed by atoms with Crippen molar-refractivity contribution in [1.82, 2.24) is 0 Å². The second kappa shape index (κ2) is 5.58. The van der Waals surface area contributed by atoms with Crippen LogP contribution < -0.4 is 4.74 Å². The molecule has 0 aliphatic carbocycles. The summed E-state index contributed by atoms with van der Waals surface area (Å²) in [7, 11) is -3.22. The third-order valence-electron chi connectivity index (χ3n) is 3.12. The fourth-order valence-corrected chi connectivity index (χ4v) is 2.63. The molecule has 0 bridgehead atoms. The van der Waals surface area contributed by atoms with Crippen LogP contribution in [0.15, 0.2) is 41.3 Å². The Morgan fingerprint density at radius 1 is 1.05 bits per heavy atom. The molecule has 4 nitrogen and oxygen atoms in total. The van der Waals surface area contributed by atoms with Crippen LogP contribution in [0.5, 0.6) is 11.5 Å². The number of ether oxygens (including phenoxy) is 1. The smallest absolute Gasteiger partial charge is 0.175 e. The van der Waals surface area contributed by atoms with Crippen molar-refractivity contribution < 1.29 is 13.2 Å². The zero-order valence-corrected chi connectivity index (χ0v) is 12.9. The minimum Gasteiger partial charge on any atom is -0.457 e. The molecule has 108 valence electrons. The summed E-state index contributed by atoms with van der Waals surface area (Å²) in [6, 6.07) is 12.0. The molecule has 0 unspecified atom stereocenters. The molecule has 0 heterocycles. The van der Waals surface area contributed by atoms with Gasteiger partial charge in [-0.2, -0.15) is 5.26 Å². The van der Waals surface area contributed by atoms with Crippen LogP contribution in [0.1, 0.15) is 16.7 Å². The minimum atomic E-state index is -3.22. The van der Waals surface area contributed by atoms with Gasteiger partial charge in [0.15, 0.2) is 9.84 Å². The van der Waals surface area contributed by atoms with Crippen molar-refractivity contribution in [2.45, 2.75) is 18.7 Å². The van der Waals surface area contributed by atoms with Gasteiger partial charge in [-0.1, -0.05) is 0 Å². The fraction of sp³-hybridized carbons (Fsp3) is 0.188. The van der Waals surface area contributed by atoms with E-state index in [0.717, 1.165) is 11.1 Å². The molecule has 2 aromatic carbocycles. The number of sulfone groups is 1. The first kappa shape index (κ1) is 15.1. The topological polar surface area (TPSA) is 67.2 Å². The maximum absolute atomic E-state index is 11.5. The van der Waals surface area contributed by atoms with Gasteiger partial charge in [-0.3, -0.25) is 0 Å². The molecule has 0 amide bonds. The highest BCUT2D eigenvalue weighted by molar-refractivity contribution is 7.90. The van der Waals surface area contributed by atoms with Gasteiger partial charge in [-0.25, -0.2) is 8.42 Å². The maximum atomic E-state index is 11.5. The van der Waals surface area contributed by atoms with Crippen molar-refractivity contribution in [1.29, 1.82) is 5.26 Å². The zero-order chi connectivity index (χ0) is 15.6. The van der Waals surface area contributed by atoms with Gasteiger partial charge in [-0.05, 0) is 61.4 Å². The van der Waals surface area contributed by atoms with Crippen LogP contribution in [-0.2, 0) is 9.84 Å². The average Bonchev–Trinajstić information content (AvgIpc) is 2.40. The lowest BCUT2D eigenvalue weighted by molar-refractivity contribution is 0.478. The normalized spacial score (nSPS) is 11.0. The molecule has 2 rings (SSSR count). The van der Waals surface area contributed by atoms with Gasteiger partial charge in [-0.15, -0.1) is 0 Å². The third kappa shape index (κ3) is 3.41. The Kier molecular flexibility index (Phi) is 4.01. The number of hydrogen-bond acceptors (Lipinski definition) is 4. The van der Waals surface area contributed by atoms with E-state index in [4.69, 9.17) is 10.00 Å². The van der Waals surface area contributed by atoms with Crippen molar-refractivity contribution in [3.63, 3.8) is 0 Å². The van der Waals surface area contributed by atoms with E-state index < -0.39 is 9.84 Å². The monoisotopic (exact) mass is 301 g/mol. The molecular weight excluding hydrogens is 286 g/mol. The second-order valence-electron chi connectivity index (χ2n) is 4.89. The summed E-state index contributed by atoms with van der Waals surface area (Å²) in [5.74, 6) is 1.20. The molecule has 2 aromatic rings. The Labute approximate surface area is 124 Å². The maximum Gasteiger partial charge on any atom is 0.175 e. The Bertz CT molecular complexity index is 833. The molecule has 0 N–H and O–H groups in total. The lowest BCUT2D eigenvalue weighted by Crippen LogP contribution is -1.98. The molecule has 0 saturated carbocycles. The molecule has 0 spiro atoms. The summed E-state index contributed by atoms with van der Waals surface area (Å²) in [6.07, 6.45) is 1.17. The molecule has 0 radical (unpaired) electrons. The van der Waals surface area contributed by atoms with Crippen LogP contribution in [-0.4, -0.2) is 14.7 Å². The molecule has 0 fully saturated rings. The van der Waals surface area contributed by atoms with Gasteiger partial charge in [0.25, 0.3) is 0 Å². The van der Waals surface area contributed by atoms with Crippen LogP contribution in [0.4, 0.5) is 0 Å². The first-order valence-electron chi connectivity index (χ1n) is 6.30. The van der Waals surface area contributed by atoms with Crippen molar-refractivity contribution >= 4 is 9.84 Å². The van der Waals surface area contributed by atoms with Gasteiger partial charge in [0.2, 0.25) is 0 Å². The highest BCUT2D eigenvalue weighted by Gasteiger charge is 2.10. The largest absolute Gasteiger partial charge is 0.457 e. The van der Waals surface area contributed by atoms with E-state index in [1.807, 2.05) is 6.92 Å². The van der Waals surface area contributed by atoms with E-state index in [1.165, 1.54) is 12.3 Å². The van der Waals surface area contributed by atoms with E-state index in [1.54, 1.807) is 37.3 Å². The third-order valence-corrected chi connectivity index (χ3v) is 4.23. The fourth-order valence-electron chi connectivity index (χ4n) is 1.92. The van der Waals surface area contributed by atoms with E-state index in [-0.39, 0.29) is 4.90 Å². The highest BCUT2D eigenvalue weighted by Crippen LogP contribution is 2.28. The van der Waals surface area contributed by atoms with E-state index >= 15 is 0 Å². The molecule has 0 aliphatic heterocycles. The number of nitrogens with zero attached hydrogens (tertiary/aromatic N) is 1. The van der Waals surface area contributed by atoms with Gasteiger partial charge in [0, 0.05) is 6.26 Å². The molecule has 0 aliphatic rings. The van der Waals surface area contributed by atoms with Crippen molar-refractivity contribution in [2.24, 2.45) is 0 Å². The number of aryl methyl sites for hydroxylation is 2. The Balaban J connectivity index is 2.33. The summed E-state index contributed by atoms with van der Waals surface area (Å²) in [5, 5.41) is 8.90. The lowest BCUT2D eigenvalue weighted by atomic mass is 10.1. The van der Waals surface area contributed by atoms with E-state index in [9.17, 15) is 8.42 Å². The number of rotatable bonds is 3. The molecular formula is C16H15NO3S. The average molecular weight is 301 g/mol. The van der Waals surface area contributed by atoms with Crippen LogP contribution in [0, 0.1) is 25.2 Å². The summed E-state index contributed by atoms with van der Waals surface area (Å²) < 4.78 is 28.7. The van der Waals surface area contributed by atoms with Crippen LogP contribution >= 0.6 is 0 Å². The standard InChI is InChI=1S/C16H15NO3S/c1-11-8-14(5-4-13(11)10-17)20-16-7-6-15(9-12(16)2)21(3,18)19/h4-9H,1-3H3. The summed E-state index contributed by atoms with van der Waals surface area (Å²) >= 11 is 0.